The number of rotatable bonds is 5. The minimum atomic E-state index is -0.873. The third kappa shape index (κ3) is 4.26. The molecule has 0 aliphatic carbocycles. The predicted octanol–water partition coefficient (Wildman–Crippen LogP) is 1.67. The fourth-order valence-corrected chi connectivity index (χ4v) is 1.78. The van der Waals surface area contributed by atoms with Crippen LogP contribution in [0, 0.1) is 10.1 Å². The minimum Gasteiger partial charge on any atom is -0.450 e. The molecule has 0 spiro atoms. The quantitative estimate of drug-likeness (QED) is 0.501. The molecule has 1 aromatic carbocycles. The highest BCUT2D eigenvalue weighted by Gasteiger charge is 2.16. The van der Waals surface area contributed by atoms with Crippen LogP contribution in [0.4, 0.5) is 5.69 Å². The number of hydrogen-bond donors (Lipinski definition) is 1. The number of benzene rings is 1. The molecule has 9 heteroatoms. The zero-order valence-electron chi connectivity index (χ0n) is 12.5. The van der Waals surface area contributed by atoms with Crippen LogP contribution in [0.1, 0.15) is 17.5 Å². The van der Waals surface area contributed by atoms with Gasteiger partial charge in [-0.3, -0.25) is 25.0 Å². The van der Waals surface area contributed by atoms with Crippen LogP contribution >= 0.6 is 0 Å². The molecule has 1 aromatic heterocycles. The zero-order chi connectivity index (χ0) is 17.7. The van der Waals surface area contributed by atoms with E-state index >= 15 is 0 Å². The molecule has 0 radical (unpaired) electrons. The lowest BCUT2D eigenvalue weighted by molar-refractivity contribution is -0.384. The van der Waals surface area contributed by atoms with Gasteiger partial charge in [0.1, 0.15) is 5.76 Å². The third-order valence-corrected chi connectivity index (χ3v) is 2.82. The van der Waals surface area contributed by atoms with Crippen LogP contribution in [0.5, 0.6) is 0 Å². The molecule has 2 rings (SSSR count). The smallest absolute Gasteiger partial charge is 0.374 e. The van der Waals surface area contributed by atoms with Crippen molar-refractivity contribution in [2.45, 2.75) is 6.92 Å². The second kappa shape index (κ2) is 7.18. The molecule has 9 nitrogen and oxygen atoms in total. The normalized spacial score (nSPS) is 10.0. The Bertz CT molecular complexity index is 792. The Morgan fingerprint density at radius 2 is 1.83 bits per heavy atom. The molecule has 2 amide bonds. The van der Waals surface area contributed by atoms with Crippen molar-refractivity contribution in [3.8, 4) is 11.3 Å². The zero-order valence-corrected chi connectivity index (χ0v) is 12.5. The van der Waals surface area contributed by atoms with Crippen molar-refractivity contribution in [1.82, 2.24) is 5.32 Å². The van der Waals surface area contributed by atoms with Gasteiger partial charge >= 0.3 is 5.97 Å². The van der Waals surface area contributed by atoms with Crippen molar-refractivity contribution in [1.29, 1.82) is 0 Å². The number of imide groups is 1. The number of hydrogen-bond acceptors (Lipinski definition) is 7. The molecular weight excluding hydrogens is 320 g/mol. The van der Waals surface area contributed by atoms with Gasteiger partial charge in [-0.25, -0.2) is 4.79 Å². The Morgan fingerprint density at radius 1 is 1.17 bits per heavy atom. The Morgan fingerprint density at radius 3 is 2.42 bits per heavy atom. The molecular formula is C15H12N2O7. The topological polar surface area (TPSA) is 129 Å². The molecule has 0 bridgehead atoms. The molecule has 0 saturated heterocycles. The van der Waals surface area contributed by atoms with Gasteiger partial charge in [0.05, 0.1) is 4.92 Å². The number of non-ortho nitro benzene ring substituents is 1. The van der Waals surface area contributed by atoms with Gasteiger partial charge in [0.25, 0.3) is 11.6 Å². The minimum absolute atomic E-state index is 0.0681. The first kappa shape index (κ1) is 16.9. The van der Waals surface area contributed by atoms with E-state index in [2.05, 4.69) is 0 Å². The highest BCUT2D eigenvalue weighted by atomic mass is 16.6. The fraction of sp³-hybridized carbons (Fsp3) is 0.133. The first-order valence-electron chi connectivity index (χ1n) is 6.69. The average Bonchev–Trinajstić information content (AvgIpc) is 3.02. The van der Waals surface area contributed by atoms with Crippen molar-refractivity contribution in [3.63, 3.8) is 0 Å². The molecule has 0 aliphatic heterocycles. The lowest BCUT2D eigenvalue weighted by Gasteiger charge is -2.02. The first-order valence-corrected chi connectivity index (χ1v) is 6.69. The number of nitro groups is 1. The van der Waals surface area contributed by atoms with Crippen molar-refractivity contribution in [2.75, 3.05) is 6.61 Å². The summed E-state index contributed by atoms with van der Waals surface area (Å²) in [6.45, 7) is 0.536. The van der Waals surface area contributed by atoms with E-state index in [1.165, 1.54) is 36.4 Å². The number of carbonyl (C=O) groups excluding carboxylic acids is 3. The van der Waals surface area contributed by atoms with Crippen LogP contribution in [0.2, 0.25) is 0 Å². The molecule has 0 saturated carbocycles. The molecule has 0 aliphatic rings. The van der Waals surface area contributed by atoms with Gasteiger partial charge in [-0.2, -0.15) is 0 Å². The van der Waals surface area contributed by atoms with Crippen LogP contribution < -0.4 is 5.32 Å². The molecule has 24 heavy (non-hydrogen) atoms. The third-order valence-electron chi connectivity index (χ3n) is 2.82. The van der Waals surface area contributed by atoms with Gasteiger partial charge in [-0.05, 0) is 24.3 Å². The van der Waals surface area contributed by atoms with Crippen LogP contribution in [0.3, 0.4) is 0 Å². The number of furan rings is 1. The largest absolute Gasteiger partial charge is 0.450 e. The van der Waals surface area contributed by atoms with E-state index in [9.17, 15) is 24.5 Å². The second-order valence-corrected chi connectivity index (χ2v) is 4.65. The molecule has 0 atom stereocenters. The summed E-state index contributed by atoms with van der Waals surface area (Å²) in [4.78, 5) is 43.7. The van der Waals surface area contributed by atoms with Crippen molar-refractivity contribution < 1.29 is 28.5 Å². The maximum Gasteiger partial charge on any atom is 0.374 e. The molecule has 1 heterocycles. The van der Waals surface area contributed by atoms with Crippen molar-refractivity contribution in [3.05, 3.63) is 52.3 Å². The summed E-state index contributed by atoms with van der Waals surface area (Å²) in [7, 11) is 0. The summed E-state index contributed by atoms with van der Waals surface area (Å²) in [5.74, 6) is -2.02. The molecule has 124 valence electrons. The second-order valence-electron chi connectivity index (χ2n) is 4.65. The number of nitro benzene ring substituents is 1. The number of nitrogens with one attached hydrogen (secondary N) is 1. The van der Waals surface area contributed by atoms with Crippen LogP contribution in [0.25, 0.3) is 11.3 Å². The Balaban J connectivity index is 2.01. The summed E-state index contributed by atoms with van der Waals surface area (Å²) in [6.07, 6.45) is 0. The van der Waals surface area contributed by atoms with Gasteiger partial charge < -0.3 is 9.15 Å². The van der Waals surface area contributed by atoms with E-state index in [-0.39, 0.29) is 11.4 Å². The standard InChI is InChI=1S/C15H12N2O7/c1-9(18)16-14(19)8-23-15(20)13-7-6-12(24-13)10-2-4-11(5-3-10)17(21)22/h2-7H,8H2,1H3,(H,16,18,19). The Kier molecular flexibility index (Phi) is 5.05. The Labute approximate surface area is 135 Å². The molecule has 0 fully saturated rings. The molecule has 0 unspecified atom stereocenters. The maximum atomic E-state index is 11.8. The molecule has 1 N–H and O–H groups in total. The van der Waals surface area contributed by atoms with E-state index in [1.807, 2.05) is 5.32 Å². The first-order chi connectivity index (χ1) is 11.4. The summed E-state index contributed by atoms with van der Waals surface area (Å²) >= 11 is 0. The van der Waals surface area contributed by atoms with Crippen LogP contribution in [0.15, 0.2) is 40.8 Å². The van der Waals surface area contributed by atoms with E-state index in [4.69, 9.17) is 9.15 Å². The van der Waals surface area contributed by atoms with E-state index in [0.717, 1.165) is 6.92 Å². The summed E-state index contributed by atoms with van der Waals surface area (Å²) < 4.78 is 10.0. The van der Waals surface area contributed by atoms with Crippen LogP contribution in [-0.2, 0) is 14.3 Å². The van der Waals surface area contributed by atoms with Gasteiger partial charge in [-0.1, -0.05) is 0 Å². The van der Waals surface area contributed by atoms with Gasteiger partial charge in [0.2, 0.25) is 11.7 Å². The van der Waals surface area contributed by atoms with Crippen molar-refractivity contribution in [2.24, 2.45) is 0 Å². The van der Waals surface area contributed by atoms with E-state index in [1.54, 1.807) is 0 Å². The molecule has 2 aromatic rings. The monoisotopic (exact) mass is 332 g/mol. The predicted molar refractivity (Wildman–Crippen MR) is 79.9 cm³/mol. The van der Waals surface area contributed by atoms with Gasteiger partial charge in [-0.15, -0.1) is 0 Å². The van der Waals surface area contributed by atoms with Crippen molar-refractivity contribution >= 4 is 23.5 Å². The number of esters is 1. The summed E-state index contributed by atoms with van der Waals surface area (Å²) in [5, 5.41) is 12.6. The fourth-order valence-electron chi connectivity index (χ4n) is 1.78. The van der Waals surface area contributed by atoms with Gasteiger partial charge in [0.15, 0.2) is 6.61 Å². The average molecular weight is 332 g/mol. The van der Waals surface area contributed by atoms with Crippen LogP contribution in [-0.4, -0.2) is 29.3 Å². The highest BCUT2D eigenvalue weighted by Crippen LogP contribution is 2.24. The number of ether oxygens (including phenoxy) is 1. The Hall–Kier alpha value is -3.49. The van der Waals surface area contributed by atoms with E-state index in [0.29, 0.717) is 11.3 Å². The SMILES string of the molecule is CC(=O)NC(=O)COC(=O)c1ccc(-c2ccc([N+](=O)[O-])cc2)o1. The summed E-state index contributed by atoms with van der Waals surface area (Å²) in [5.41, 5.74) is 0.468. The number of amides is 2. The van der Waals surface area contributed by atoms with E-state index < -0.39 is 29.3 Å². The highest BCUT2D eigenvalue weighted by molar-refractivity contribution is 5.96. The maximum absolute atomic E-state index is 11.8. The lowest BCUT2D eigenvalue weighted by Crippen LogP contribution is -2.32. The summed E-state index contributed by atoms with van der Waals surface area (Å²) in [6, 6.07) is 8.41. The van der Waals surface area contributed by atoms with Gasteiger partial charge in [0, 0.05) is 24.6 Å². The number of nitrogens with zero attached hydrogens (tertiary/aromatic N) is 1. The lowest BCUT2D eigenvalue weighted by atomic mass is 10.1. The number of carbonyl (C=O) groups is 3.